The fourth-order valence-electron chi connectivity index (χ4n) is 2.50. The maximum absolute atomic E-state index is 14.1. The molecule has 1 aromatic rings. The summed E-state index contributed by atoms with van der Waals surface area (Å²) in [6.07, 6.45) is 4.91. The molecule has 0 radical (unpaired) electrons. The van der Waals surface area contributed by atoms with Gasteiger partial charge in [0.25, 0.3) is 0 Å². The summed E-state index contributed by atoms with van der Waals surface area (Å²) >= 11 is 0. The molecule has 0 spiro atoms. The molecule has 1 fully saturated rings. The van der Waals surface area contributed by atoms with E-state index >= 15 is 0 Å². The zero-order valence-electron chi connectivity index (χ0n) is 11.2. The van der Waals surface area contributed by atoms with Crippen LogP contribution in [0.5, 0.6) is 0 Å². The monoisotopic (exact) mass is 250 g/mol. The van der Waals surface area contributed by atoms with Crippen LogP contribution in [-0.4, -0.2) is 19.6 Å². The van der Waals surface area contributed by atoms with Crippen molar-refractivity contribution in [1.82, 2.24) is 5.32 Å². The van der Waals surface area contributed by atoms with Gasteiger partial charge in [-0.3, -0.25) is 0 Å². The van der Waals surface area contributed by atoms with Crippen molar-refractivity contribution in [2.75, 3.05) is 24.5 Å². The summed E-state index contributed by atoms with van der Waals surface area (Å²) in [5.41, 5.74) is 1.80. The first-order valence-corrected chi connectivity index (χ1v) is 7.05. The second-order valence-electron chi connectivity index (χ2n) is 4.97. The zero-order chi connectivity index (χ0) is 12.8. The van der Waals surface area contributed by atoms with E-state index < -0.39 is 0 Å². The molecule has 0 bridgehead atoms. The highest BCUT2D eigenvalue weighted by Gasteiger charge is 2.13. The van der Waals surface area contributed by atoms with Gasteiger partial charge in [-0.2, -0.15) is 0 Å². The molecular formula is C15H23FN2. The third-order valence-corrected chi connectivity index (χ3v) is 3.54. The van der Waals surface area contributed by atoms with E-state index in [2.05, 4.69) is 17.1 Å². The van der Waals surface area contributed by atoms with Crippen molar-refractivity contribution in [2.45, 2.75) is 39.2 Å². The van der Waals surface area contributed by atoms with Gasteiger partial charge in [-0.1, -0.05) is 25.8 Å². The fraction of sp³-hybridized carbons (Fsp3) is 0.600. The summed E-state index contributed by atoms with van der Waals surface area (Å²) in [5.74, 6) is -0.0766. The van der Waals surface area contributed by atoms with Crippen molar-refractivity contribution in [1.29, 1.82) is 0 Å². The summed E-state index contributed by atoms with van der Waals surface area (Å²) < 4.78 is 14.1. The van der Waals surface area contributed by atoms with Crippen LogP contribution in [0.15, 0.2) is 18.2 Å². The average molecular weight is 250 g/mol. The van der Waals surface area contributed by atoms with Crippen LogP contribution in [0.3, 0.4) is 0 Å². The molecule has 2 nitrogen and oxygen atoms in total. The Labute approximate surface area is 109 Å². The minimum atomic E-state index is -0.0766. The van der Waals surface area contributed by atoms with Crippen molar-refractivity contribution in [2.24, 2.45) is 0 Å². The molecule has 0 unspecified atom stereocenters. The average Bonchev–Trinajstić information content (AvgIpc) is 2.65. The number of nitrogens with one attached hydrogen (secondary N) is 1. The van der Waals surface area contributed by atoms with Crippen LogP contribution in [-0.2, 0) is 6.54 Å². The molecule has 0 atom stereocenters. The smallest absolute Gasteiger partial charge is 0.146 e. The van der Waals surface area contributed by atoms with Crippen LogP contribution >= 0.6 is 0 Å². The summed E-state index contributed by atoms with van der Waals surface area (Å²) in [6, 6.07) is 5.64. The van der Waals surface area contributed by atoms with Gasteiger partial charge in [0.05, 0.1) is 5.69 Å². The second kappa shape index (κ2) is 6.74. The number of hydrogen-bond acceptors (Lipinski definition) is 2. The van der Waals surface area contributed by atoms with Gasteiger partial charge in [0, 0.05) is 19.6 Å². The van der Waals surface area contributed by atoms with Gasteiger partial charge >= 0.3 is 0 Å². The molecule has 18 heavy (non-hydrogen) atoms. The molecule has 1 aliphatic heterocycles. The summed E-state index contributed by atoms with van der Waals surface area (Å²) in [5, 5.41) is 3.22. The summed E-state index contributed by atoms with van der Waals surface area (Å²) in [7, 11) is 0. The molecule has 1 N–H and O–H groups in total. The van der Waals surface area contributed by atoms with E-state index in [1.165, 1.54) is 25.7 Å². The Bertz CT molecular complexity index is 371. The third-order valence-electron chi connectivity index (χ3n) is 3.54. The van der Waals surface area contributed by atoms with Crippen molar-refractivity contribution >= 4 is 5.69 Å². The molecule has 3 heteroatoms. The Morgan fingerprint density at radius 2 is 1.89 bits per heavy atom. The molecular weight excluding hydrogens is 227 g/mol. The Hall–Kier alpha value is -1.09. The highest BCUT2D eigenvalue weighted by atomic mass is 19.1. The van der Waals surface area contributed by atoms with E-state index in [-0.39, 0.29) is 5.82 Å². The number of hydrogen-bond donors (Lipinski definition) is 1. The van der Waals surface area contributed by atoms with Crippen molar-refractivity contribution < 1.29 is 4.39 Å². The molecule has 0 aliphatic carbocycles. The van der Waals surface area contributed by atoms with E-state index in [1.807, 2.05) is 12.1 Å². The van der Waals surface area contributed by atoms with Crippen LogP contribution in [0.25, 0.3) is 0 Å². The topological polar surface area (TPSA) is 15.3 Å². The van der Waals surface area contributed by atoms with Crippen LogP contribution in [0.1, 0.15) is 38.2 Å². The first-order chi connectivity index (χ1) is 8.81. The number of benzene rings is 1. The van der Waals surface area contributed by atoms with E-state index in [9.17, 15) is 4.39 Å². The van der Waals surface area contributed by atoms with Gasteiger partial charge in [0.15, 0.2) is 0 Å². The molecule has 0 saturated carbocycles. The second-order valence-corrected chi connectivity index (χ2v) is 4.97. The highest BCUT2D eigenvalue weighted by molar-refractivity contribution is 5.49. The van der Waals surface area contributed by atoms with Crippen LogP contribution in [0, 0.1) is 5.82 Å². The number of rotatable bonds is 4. The lowest BCUT2D eigenvalue weighted by atomic mass is 10.1. The van der Waals surface area contributed by atoms with Crippen molar-refractivity contribution in [3.63, 3.8) is 0 Å². The van der Waals surface area contributed by atoms with Gasteiger partial charge in [-0.05, 0) is 37.1 Å². The molecule has 1 aromatic carbocycles. The first kappa shape index (κ1) is 13.3. The Morgan fingerprint density at radius 1 is 1.17 bits per heavy atom. The minimum absolute atomic E-state index is 0.0766. The van der Waals surface area contributed by atoms with Crippen LogP contribution in [0.2, 0.25) is 0 Å². The van der Waals surface area contributed by atoms with Crippen LogP contribution < -0.4 is 10.2 Å². The molecule has 0 amide bonds. The van der Waals surface area contributed by atoms with Gasteiger partial charge in [-0.25, -0.2) is 4.39 Å². The van der Waals surface area contributed by atoms with Crippen molar-refractivity contribution in [3.05, 3.63) is 29.6 Å². The molecule has 2 rings (SSSR count). The normalized spacial score (nSPS) is 16.7. The predicted octanol–water partition coefficient (Wildman–Crippen LogP) is 3.32. The standard InChI is InChI=1S/C15H23FN2/c1-2-17-12-13-7-8-15(14(16)11-13)18-9-5-3-4-6-10-18/h7-8,11,17H,2-6,9-10,12H2,1H3. The highest BCUT2D eigenvalue weighted by Crippen LogP contribution is 2.23. The Morgan fingerprint density at radius 3 is 2.50 bits per heavy atom. The summed E-state index contributed by atoms with van der Waals surface area (Å²) in [6.45, 7) is 5.69. The Balaban J connectivity index is 2.08. The third kappa shape index (κ3) is 3.45. The zero-order valence-corrected chi connectivity index (χ0v) is 11.2. The van der Waals surface area contributed by atoms with Gasteiger partial charge in [-0.15, -0.1) is 0 Å². The largest absolute Gasteiger partial charge is 0.369 e. The molecule has 100 valence electrons. The summed E-state index contributed by atoms with van der Waals surface area (Å²) in [4.78, 5) is 2.19. The lowest BCUT2D eigenvalue weighted by molar-refractivity contribution is 0.611. The number of halogens is 1. The number of anilines is 1. The van der Waals surface area contributed by atoms with E-state index in [0.29, 0.717) is 0 Å². The molecule has 1 aliphatic rings. The SMILES string of the molecule is CCNCc1ccc(N2CCCCCC2)c(F)c1. The molecule has 1 heterocycles. The first-order valence-electron chi connectivity index (χ1n) is 7.05. The van der Waals surface area contributed by atoms with E-state index in [0.717, 1.165) is 37.4 Å². The maximum atomic E-state index is 14.1. The predicted molar refractivity (Wildman–Crippen MR) is 74.5 cm³/mol. The quantitative estimate of drug-likeness (QED) is 0.882. The lowest BCUT2D eigenvalue weighted by Crippen LogP contribution is -2.25. The van der Waals surface area contributed by atoms with Gasteiger partial charge in [0.2, 0.25) is 0 Å². The van der Waals surface area contributed by atoms with Gasteiger partial charge in [0.1, 0.15) is 5.82 Å². The Kier molecular flexibility index (Phi) is 5.00. The van der Waals surface area contributed by atoms with Crippen molar-refractivity contribution in [3.8, 4) is 0 Å². The molecule has 0 aromatic heterocycles. The van der Waals surface area contributed by atoms with E-state index in [4.69, 9.17) is 0 Å². The molecule has 1 saturated heterocycles. The fourth-order valence-corrected chi connectivity index (χ4v) is 2.50. The van der Waals surface area contributed by atoms with Gasteiger partial charge < -0.3 is 10.2 Å². The number of nitrogens with zero attached hydrogens (tertiary/aromatic N) is 1. The maximum Gasteiger partial charge on any atom is 0.146 e. The van der Waals surface area contributed by atoms with Crippen LogP contribution in [0.4, 0.5) is 10.1 Å². The minimum Gasteiger partial charge on any atom is -0.369 e. The lowest BCUT2D eigenvalue weighted by Gasteiger charge is -2.23. The van der Waals surface area contributed by atoms with E-state index in [1.54, 1.807) is 6.07 Å².